The molecule has 1 N–H and O–H groups in total. The predicted molar refractivity (Wildman–Crippen MR) is 64.2 cm³/mol. The van der Waals surface area contributed by atoms with E-state index in [-0.39, 0.29) is 5.56 Å². The Morgan fingerprint density at radius 1 is 1.47 bits per heavy atom. The van der Waals surface area contributed by atoms with Crippen LogP contribution < -0.4 is 8.38 Å². The molecule has 0 fully saturated rings. The van der Waals surface area contributed by atoms with Crippen LogP contribution >= 0.6 is 34.6 Å². The van der Waals surface area contributed by atoms with E-state index in [9.17, 15) is 9.59 Å². The molecule has 0 heterocycles. The van der Waals surface area contributed by atoms with Gasteiger partial charge in [-0.25, -0.2) is 0 Å². The molecule has 0 unspecified atom stereocenters. The molecule has 1 aromatic carbocycles. The summed E-state index contributed by atoms with van der Waals surface area (Å²) in [6.07, 6.45) is 0. The molecule has 6 heteroatoms. The Hall–Kier alpha value is -0.820. The van der Waals surface area contributed by atoms with Gasteiger partial charge < -0.3 is 3.07 Å². The first-order valence-electron chi connectivity index (χ1n) is 3.94. The number of amides is 2. The molecule has 0 bridgehead atoms. The van der Waals surface area contributed by atoms with Crippen molar-refractivity contribution in [3.05, 3.63) is 28.8 Å². The highest BCUT2D eigenvalue weighted by Crippen LogP contribution is 2.24. The summed E-state index contributed by atoms with van der Waals surface area (Å²) in [5.74, 6) is -0.602. The fourth-order valence-corrected chi connectivity index (χ4v) is 1.53. The Balaban J connectivity index is 3.05. The van der Waals surface area contributed by atoms with Gasteiger partial charge in [-0.1, -0.05) is 11.6 Å². The lowest BCUT2D eigenvalue weighted by atomic mass is 10.2. The van der Waals surface area contributed by atoms with Crippen LogP contribution in [0.15, 0.2) is 18.2 Å². The largest absolute Gasteiger partial charge is 0.427 e. The molecule has 0 saturated carbocycles. The lowest BCUT2D eigenvalue weighted by Crippen LogP contribution is -2.28. The number of carbonyl (C=O) groups is 2. The summed E-state index contributed by atoms with van der Waals surface area (Å²) in [7, 11) is 0. The summed E-state index contributed by atoms with van der Waals surface area (Å²) in [5.41, 5.74) is 0.229. The van der Waals surface area contributed by atoms with E-state index in [1.807, 2.05) is 0 Å². The molecule has 0 aliphatic rings. The van der Waals surface area contributed by atoms with Gasteiger partial charge in [-0.3, -0.25) is 14.9 Å². The molecule has 2 amide bonds. The second-order valence-electron chi connectivity index (χ2n) is 2.73. The van der Waals surface area contributed by atoms with Crippen molar-refractivity contribution >= 4 is 46.4 Å². The zero-order valence-corrected chi connectivity index (χ0v) is 10.6. The Kier molecular flexibility index (Phi) is 4.34. The van der Waals surface area contributed by atoms with Crippen molar-refractivity contribution in [3.8, 4) is 5.75 Å². The molecular weight excluding hydrogens is 332 g/mol. The minimum absolute atomic E-state index is 0.229. The standard InChI is InChI=1S/C9H7ClINO3/c1-5(13)12-9(14)7-4-6(10)2-3-8(7)15-11/h2-4H,1H3,(H,12,13,14). The molecule has 1 aromatic rings. The van der Waals surface area contributed by atoms with E-state index in [4.69, 9.17) is 14.7 Å². The number of nitrogens with one attached hydrogen (secondary N) is 1. The first-order chi connectivity index (χ1) is 7.04. The quantitative estimate of drug-likeness (QED) is 0.842. The van der Waals surface area contributed by atoms with E-state index >= 15 is 0 Å². The van der Waals surface area contributed by atoms with Crippen LogP contribution in [0.2, 0.25) is 5.02 Å². The fourth-order valence-electron chi connectivity index (χ4n) is 0.974. The molecule has 15 heavy (non-hydrogen) atoms. The molecule has 1 rings (SSSR count). The molecule has 0 spiro atoms. The molecule has 0 aliphatic heterocycles. The average molecular weight is 340 g/mol. The smallest absolute Gasteiger partial charge is 0.261 e. The number of hydrogen-bond acceptors (Lipinski definition) is 3. The second kappa shape index (κ2) is 5.32. The van der Waals surface area contributed by atoms with Gasteiger partial charge in [-0.2, -0.15) is 0 Å². The van der Waals surface area contributed by atoms with E-state index < -0.39 is 11.8 Å². The number of halogens is 2. The van der Waals surface area contributed by atoms with Gasteiger partial charge in [0.2, 0.25) is 5.91 Å². The zero-order valence-electron chi connectivity index (χ0n) is 7.71. The van der Waals surface area contributed by atoms with Crippen molar-refractivity contribution in [1.29, 1.82) is 0 Å². The van der Waals surface area contributed by atoms with Crippen molar-refractivity contribution in [2.24, 2.45) is 0 Å². The minimum atomic E-state index is -0.531. The third kappa shape index (κ3) is 3.35. The lowest BCUT2D eigenvalue weighted by Gasteiger charge is -2.06. The predicted octanol–water partition coefficient (Wildman–Crippen LogP) is 2.35. The SMILES string of the molecule is CC(=O)NC(=O)c1cc(Cl)ccc1OI. The maximum atomic E-state index is 11.5. The first kappa shape index (κ1) is 12.3. The van der Waals surface area contributed by atoms with Crippen LogP contribution in [0.4, 0.5) is 0 Å². The Morgan fingerprint density at radius 3 is 2.67 bits per heavy atom. The van der Waals surface area contributed by atoms with Crippen molar-refractivity contribution in [2.45, 2.75) is 6.92 Å². The number of hydrogen-bond donors (Lipinski definition) is 1. The number of rotatable bonds is 2. The van der Waals surface area contributed by atoms with Crippen LogP contribution in [0.25, 0.3) is 0 Å². The number of carbonyl (C=O) groups excluding carboxylic acids is 2. The van der Waals surface area contributed by atoms with E-state index in [0.717, 1.165) is 0 Å². The molecule has 0 atom stereocenters. The second-order valence-corrected chi connectivity index (χ2v) is 3.60. The van der Waals surface area contributed by atoms with Gasteiger partial charge >= 0.3 is 0 Å². The number of imide groups is 1. The lowest BCUT2D eigenvalue weighted by molar-refractivity contribution is -0.118. The molecule has 0 aliphatic carbocycles. The van der Waals surface area contributed by atoms with E-state index in [1.54, 1.807) is 35.1 Å². The molecule has 0 aromatic heterocycles. The van der Waals surface area contributed by atoms with E-state index in [2.05, 4.69) is 5.32 Å². The third-order valence-corrected chi connectivity index (χ3v) is 2.27. The monoisotopic (exact) mass is 339 g/mol. The Labute approximate surface area is 106 Å². The van der Waals surface area contributed by atoms with Crippen LogP contribution in [-0.4, -0.2) is 11.8 Å². The van der Waals surface area contributed by atoms with E-state index in [1.165, 1.54) is 13.0 Å². The highest BCUT2D eigenvalue weighted by Gasteiger charge is 2.14. The summed E-state index contributed by atoms with van der Waals surface area (Å²) in [6, 6.07) is 4.59. The molecule has 0 radical (unpaired) electrons. The Bertz CT molecular complexity index is 408. The summed E-state index contributed by atoms with van der Waals surface area (Å²) in [5, 5.41) is 2.54. The average Bonchev–Trinajstić information content (AvgIpc) is 2.16. The highest BCUT2D eigenvalue weighted by molar-refractivity contribution is 14.1. The topological polar surface area (TPSA) is 55.4 Å². The normalized spacial score (nSPS) is 9.53. The highest BCUT2D eigenvalue weighted by atomic mass is 127. The third-order valence-electron chi connectivity index (χ3n) is 1.56. The van der Waals surface area contributed by atoms with Crippen molar-refractivity contribution in [3.63, 3.8) is 0 Å². The van der Waals surface area contributed by atoms with E-state index in [0.29, 0.717) is 10.8 Å². The molecule has 4 nitrogen and oxygen atoms in total. The zero-order chi connectivity index (χ0) is 11.4. The van der Waals surface area contributed by atoms with Gasteiger partial charge in [-0.15, -0.1) is 0 Å². The molecular formula is C9H7ClINO3. The fraction of sp³-hybridized carbons (Fsp3) is 0.111. The van der Waals surface area contributed by atoms with Gasteiger partial charge in [0.15, 0.2) is 23.0 Å². The van der Waals surface area contributed by atoms with Crippen molar-refractivity contribution in [2.75, 3.05) is 0 Å². The van der Waals surface area contributed by atoms with Gasteiger partial charge in [0, 0.05) is 11.9 Å². The van der Waals surface area contributed by atoms with Crippen molar-refractivity contribution in [1.82, 2.24) is 5.32 Å². The van der Waals surface area contributed by atoms with Crippen molar-refractivity contribution < 1.29 is 12.7 Å². The van der Waals surface area contributed by atoms with Gasteiger partial charge in [0.05, 0.1) is 5.56 Å². The summed E-state index contributed by atoms with van der Waals surface area (Å²) in [6.45, 7) is 1.26. The van der Waals surface area contributed by atoms with Gasteiger partial charge in [0.25, 0.3) is 5.91 Å². The minimum Gasteiger partial charge on any atom is -0.427 e. The van der Waals surface area contributed by atoms with Crippen LogP contribution in [0, 0.1) is 0 Å². The van der Waals surface area contributed by atoms with Crippen LogP contribution in [0.1, 0.15) is 17.3 Å². The van der Waals surface area contributed by atoms with Crippen LogP contribution in [-0.2, 0) is 4.79 Å². The maximum absolute atomic E-state index is 11.5. The summed E-state index contributed by atoms with van der Waals surface area (Å²) in [4.78, 5) is 22.2. The molecule has 0 saturated heterocycles. The summed E-state index contributed by atoms with van der Waals surface area (Å²) < 4.78 is 4.94. The maximum Gasteiger partial charge on any atom is 0.261 e. The van der Waals surface area contributed by atoms with Gasteiger partial charge in [0.1, 0.15) is 5.75 Å². The molecule has 80 valence electrons. The van der Waals surface area contributed by atoms with Gasteiger partial charge in [-0.05, 0) is 18.2 Å². The van der Waals surface area contributed by atoms with Crippen LogP contribution in [0.5, 0.6) is 5.75 Å². The van der Waals surface area contributed by atoms with Crippen LogP contribution in [0.3, 0.4) is 0 Å². The number of benzene rings is 1. The Morgan fingerprint density at radius 2 is 2.13 bits per heavy atom. The summed E-state index contributed by atoms with van der Waals surface area (Å²) >= 11 is 7.38. The first-order valence-corrected chi connectivity index (χ1v) is 5.20.